The van der Waals surface area contributed by atoms with Crippen LogP contribution >= 0.6 is 0 Å². The zero-order valence-electron chi connectivity index (χ0n) is 16.2. The Labute approximate surface area is 168 Å². The highest BCUT2D eigenvalue weighted by Crippen LogP contribution is 2.18. The molecule has 148 valence electrons. The Hall–Kier alpha value is -3.74. The van der Waals surface area contributed by atoms with E-state index in [0.29, 0.717) is 29.2 Å². The van der Waals surface area contributed by atoms with Crippen LogP contribution in [0.15, 0.2) is 65.5 Å². The van der Waals surface area contributed by atoms with Crippen LogP contribution in [-0.2, 0) is 11.2 Å². The van der Waals surface area contributed by atoms with E-state index in [-0.39, 0.29) is 23.4 Å². The molecule has 1 atom stereocenters. The molecule has 3 aromatic rings. The van der Waals surface area contributed by atoms with Crippen LogP contribution in [0.5, 0.6) is 0 Å². The van der Waals surface area contributed by atoms with Gasteiger partial charge in [0, 0.05) is 30.7 Å². The first kappa shape index (κ1) is 20.0. The first-order chi connectivity index (χ1) is 13.9. The van der Waals surface area contributed by atoms with Gasteiger partial charge in [-0.3, -0.25) is 14.4 Å². The van der Waals surface area contributed by atoms with E-state index in [9.17, 15) is 14.4 Å². The highest BCUT2D eigenvalue weighted by molar-refractivity contribution is 5.95. The lowest BCUT2D eigenvalue weighted by Crippen LogP contribution is -2.30. The molecule has 0 spiro atoms. The molecule has 0 saturated carbocycles. The van der Waals surface area contributed by atoms with Crippen molar-refractivity contribution in [1.29, 1.82) is 0 Å². The number of carbonyl (C=O) groups is 2. The van der Waals surface area contributed by atoms with Crippen LogP contribution in [0.1, 0.15) is 40.4 Å². The summed E-state index contributed by atoms with van der Waals surface area (Å²) in [5.41, 5.74) is 2.38. The van der Waals surface area contributed by atoms with E-state index >= 15 is 0 Å². The predicted octanol–water partition coefficient (Wildman–Crippen LogP) is 2.75. The van der Waals surface area contributed by atoms with Gasteiger partial charge < -0.3 is 15.6 Å². The molecule has 7 nitrogen and oxygen atoms in total. The number of aromatic amines is 1. The fraction of sp³-hybridized carbons (Fsp3) is 0.182. The van der Waals surface area contributed by atoms with E-state index in [2.05, 4.69) is 20.6 Å². The molecule has 1 heterocycles. The second-order valence-electron chi connectivity index (χ2n) is 6.72. The summed E-state index contributed by atoms with van der Waals surface area (Å²) in [6, 6.07) is 17.3. The molecular weight excluding hydrogens is 368 g/mol. The average Bonchev–Trinajstić information content (AvgIpc) is 2.67. The Balaban J connectivity index is 1.82. The maximum Gasteiger partial charge on any atom is 0.251 e. The lowest BCUT2D eigenvalue weighted by Gasteiger charge is -2.19. The molecule has 7 heteroatoms. The zero-order valence-corrected chi connectivity index (χ0v) is 16.2. The van der Waals surface area contributed by atoms with Crippen molar-refractivity contribution >= 4 is 17.5 Å². The first-order valence-electron chi connectivity index (χ1n) is 9.21. The van der Waals surface area contributed by atoms with E-state index in [1.54, 1.807) is 31.2 Å². The van der Waals surface area contributed by atoms with Gasteiger partial charge in [-0.15, -0.1) is 0 Å². The topological polar surface area (TPSA) is 104 Å². The van der Waals surface area contributed by atoms with E-state index in [1.807, 2.05) is 30.3 Å². The van der Waals surface area contributed by atoms with Crippen molar-refractivity contribution in [2.24, 2.45) is 0 Å². The first-order valence-corrected chi connectivity index (χ1v) is 9.21. The number of rotatable bonds is 6. The van der Waals surface area contributed by atoms with Gasteiger partial charge in [-0.1, -0.05) is 30.3 Å². The fourth-order valence-corrected chi connectivity index (χ4v) is 3.04. The van der Waals surface area contributed by atoms with Crippen LogP contribution in [-0.4, -0.2) is 21.8 Å². The summed E-state index contributed by atoms with van der Waals surface area (Å²) in [5.74, 6) is 0.0981. The Kier molecular flexibility index (Phi) is 6.19. The van der Waals surface area contributed by atoms with Crippen molar-refractivity contribution in [3.8, 4) is 0 Å². The van der Waals surface area contributed by atoms with Gasteiger partial charge in [0.25, 0.3) is 11.5 Å². The maximum atomic E-state index is 12.8. The summed E-state index contributed by atoms with van der Waals surface area (Å²) in [6.45, 7) is 3.15. The quantitative estimate of drug-likeness (QED) is 0.602. The van der Waals surface area contributed by atoms with E-state index in [4.69, 9.17) is 0 Å². The van der Waals surface area contributed by atoms with Crippen LogP contribution in [0.25, 0.3) is 0 Å². The number of aryl methyl sites for hydroxylation is 1. The second-order valence-corrected chi connectivity index (χ2v) is 6.72. The summed E-state index contributed by atoms with van der Waals surface area (Å²) in [4.78, 5) is 42.7. The Morgan fingerprint density at radius 3 is 2.38 bits per heavy atom. The number of hydrogen-bond donors (Lipinski definition) is 3. The highest BCUT2D eigenvalue weighted by atomic mass is 16.2. The molecule has 0 fully saturated rings. The van der Waals surface area contributed by atoms with Crippen molar-refractivity contribution in [1.82, 2.24) is 15.3 Å². The van der Waals surface area contributed by atoms with Gasteiger partial charge in [0.2, 0.25) is 5.91 Å². The van der Waals surface area contributed by atoms with E-state index < -0.39 is 0 Å². The SMILES string of the molecule is CC(=O)Nc1ccc(C(=O)NC(Cc2cc(=O)[nH]c(C)n2)c2ccccc2)cc1. The number of nitrogens with one attached hydrogen (secondary N) is 3. The minimum absolute atomic E-state index is 0.174. The van der Waals surface area contributed by atoms with Gasteiger partial charge >= 0.3 is 0 Å². The second kappa shape index (κ2) is 8.97. The summed E-state index contributed by atoms with van der Waals surface area (Å²) in [7, 11) is 0. The highest BCUT2D eigenvalue weighted by Gasteiger charge is 2.17. The molecule has 0 radical (unpaired) electrons. The van der Waals surface area contributed by atoms with Gasteiger partial charge in [0.1, 0.15) is 5.82 Å². The predicted molar refractivity (Wildman–Crippen MR) is 111 cm³/mol. The fourth-order valence-electron chi connectivity index (χ4n) is 3.04. The molecule has 0 aliphatic rings. The monoisotopic (exact) mass is 390 g/mol. The summed E-state index contributed by atoms with van der Waals surface area (Å²) in [5, 5.41) is 5.69. The minimum Gasteiger partial charge on any atom is -0.345 e. The third kappa shape index (κ3) is 5.62. The summed E-state index contributed by atoms with van der Waals surface area (Å²) in [6.07, 6.45) is 0.379. The van der Waals surface area contributed by atoms with E-state index in [0.717, 1.165) is 5.56 Å². The number of anilines is 1. The van der Waals surface area contributed by atoms with Crippen molar-refractivity contribution in [2.75, 3.05) is 5.32 Å². The van der Waals surface area contributed by atoms with Crippen LogP contribution in [0.4, 0.5) is 5.69 Å². The molecule has 2 amide bonds. The lowest BCUT2D eigenvalue weighted by molar-refractivity contribution is -0.114. The average molecular weight is 390 g/mol. The molecule has 2 aromatic carbocycles. The smallest absolute Gasteiger partial charge is 0.251 e. The van der Waals surface area contributed by atoms with Gasteiger partial charge in [0.05, 0.1) is 11.7 Å². The Morgan fingerprint density at radius 1 is 1.07 bits per heavy atom. The largest absolute Gasteiger partial charge is 0.345 e. The van der Waals surface area contributed by atoms with Crippen LogP contribution < -0.4 is 16.2 Å². The molecule has 0 aliphatic carbocycles. The number of H-pyrrole nitrogens is 1. The number of amides is 2. The molecule has 3 rings (SSSR count). The molecule has 3 N–H and O–H groups in total. The molecule has 0 bridgehead atoms. The number of hydrogen-bond acceptors (Lipinski definition) is 4. The van der Waals surface area contributed by atoms with Gasteiger partial charge in [-0.25, -0.2) is 4.98 Å². The zero-order chi connectivity index (χ0) is 20.8. The van der Waals surface area contributed by atoms with Gasteiger partial charge in [-0.05, 0) is 36.8 Å². The minimum atomic E-state index is -0.354. The molecular formula is C22H22N4O3. The molecule has 0 saturated heterocycles. The third-order valence-electron chi connectivity index (χ3n) is 4.30. The Bertz CT molecular complexity index is 1060. The molecule has 1 unspecified atom stereocenters. The van der Waals surface area contributed by atoms with Crippen LogP contribution in [0, 0.1) is 6.92 Å². The van der Waals surface area contributed by atoms with Crippen LogP contribution in [0.3, 0.4) is 0 Å². The Morgan fingerprint density at radius 2 is 1.76 bits per heavy atom. The van der Waals surface area contributed by atoms with Gasteiger partial charge in [0.15, 0.2) is 0 Å². The third-order valence-corrected chi connectivity index (χ3v) is 4.30. The van der Waals surface area contributed by atoms with Crippen LogP contribution in [0.2, 0.25) is 0 Å². The summed E-state index contributed by atoms with van der Waals surface area (Å²) >= 11 is 0. The van der Waals surface area contributed by atoms with Crippen molar-refractivity contribution in [3.63, 3.8) is 0 Å². The molecule has 1 aromatic heterocycles. The van der Waals surface area contributed by atoms with Gasteiger partial charge in [-0.2, -0.15) is 0 Å². The number of aromatic nitrogens is 2. The normalized spacial score (nSPS) is 11.5. The number of carbonyl (C=O) groups excluding carboxylic acids is 2. The molecule has 29 heavy (non-hydrogen) atoms. The standard InChI is InChI=1S/C22H22N4O3/c1-14-23-19(13-21(28)24-14)12-20(16-6-4-3-5-7-16)26-22(29)17-8-10-18(11-9-17)25-15(2)27/h3-11,13,20H,12H2,1-2H3,(H,25,27)(H,26,29)(H,23,24,28). The lowest BCUT2D eigenvalue weighted by atomic mass is 10.0. The van der Waals surface area contributed by atoms with Crippen molar-refractivity contribution in [3.05, 3.63) is 93.7 Å². The molecule has 0 aliphatic heterocycles. The number of nitrogens with zero attached hydrogens (tertiary/aromatic N) is 1. The van der Waals surface area contributed by atoms with E-state index in [1.165, 1.54) is 13.0 Å². The van der Waals surface area contributed by atoms with Crippen molar-refractivity contribution < 1.29 is 9.59 Å². The summed E-state index contributed by atoms with van der Waals surface area (Å²) < 4.78 is 0. The van der Waals surface area contributed by atoms with Crippen molar-refractivity contribution in [2.45, 2.75) is 26.3 Å². The number of benzene rings is 2. The maximum absolute atomic E-state index is 12.8.